The minimum Gasteiger partial charge on any atom is -0.411 e. The molecule has 0 spiro atoms. The van der Waals surface area contributed by atoms with E-state index in [-0.39, 0.29) is 35.9 Å². The highest BCUT2D eigenvalue weighted by Gasteiger charge is 2.45. The van der Waals surface area contributed by atoms with E-state index in [1.807, 2.05) is 12.2 Å². The van der Waals surface area contributed by atoms with E-state index in [2.05, 4.69) is 54.3 Å². The molecule has 0 unspecified atom stereocenters. The molecule has 1 heterocycles. The van der Waals surface area contributed by atoms with Gasteiger partial charge in [-0.25, -0.2) is 0 Å². The lowest BCUT2D eigenvalue weighted by Crippen LogP contribution is -2.53. The van der Waals surface area contributed by atoms with Crippen LogP contribution in [0.3, 0.4) is 0 Å². The van der Waals surface area contributed by atoms with Gasteiger partial charge in [-0.2, -0.15) is 0 Å². The van der Waals surface area contributed by atoms with Crippen molar-refractivity contribution in [2.45, 2.75) is 83.9 Å². The maximum atomic E-state index is 8.93. The van der Waals surface area contributed by atoms with Gasteiger partial charge in [0.25, 0.3) is 0 Å². The minimum absolute atomic E-state index is 0.0559. The van der Waals surface area contributed by atoms with Crippen molar-refractivity contribution in [3.05, 3.63) is 24.8 Å². The summed E-state index contributed by atoms with van der Waals surface area (Å²) in [5, 5.41) is 9.12. The number of aliphatic hydroxyl groups excluding tert-OH is 1. The van der Waals surface area contributed by atoms with Crippen LogP contribution in [0.5, 0.6) is 0 Å². The number of hydrogen-bond donors (Lipinski definition) is 1. The van der Waals surface area contributed by atoms with Crippen LogP contribution >= 0.6 is 0 Å². The Morgan fingerprint density at radius 3 is 2.46 bits per heavy atom. The van der Waals surface area contributed by atoms with Crippen molar-refractivity contribution in [2.75, 3.05) is 6.61 Å². The van der Waals surface area contributed by atoms with Gasteiger partial charge >= 0.3 is 0 Å². The number of hydrogen-bond acceptors (Lipinski definition) is 3. The Morgan fingerprint density at radius 2 is 1.96 bits per heavy atom. The quantitative estimate of drug-likeness (QED) is 0.520. The van der Waals surface area contributed by atoms with Gasteiger partial charge in [-0.3, -0.25) is 0 Å². The van der Waals surface area contributed by atoms with Gasteiger partial charge in [-0.05, 0) is 36.9 Å². The largest absolute Gasteiger partial charge is 0.411 e. The van der Waals surface area contributed by atoms with Crippen LogP contribution in [0.1, 0.15) is 47.5 Å². The van der Waals surface area contributed by atoms with Crippen LogP contribution in [0.4, 0.5) is 0 Å². The summed E-state index contributed by atoms with van der Waals surface area (Å²) in [6.45, 7) is 19.9. The predicted octanol–water partition coefficient (Wildman–Crippen LogP) is 4.93. The van der Waals surface area contributed by atoms with Crippen LogP contribution in [0.15, 0.2) is 24.8 Å². The molecule has 0 aromatic rings. The average molecular weight is 355 g/mol. The highest BCUT2D eigenvalue weighted by molar-refractivity contribution is 6.74. The zero-order valence-corrected chi connectivity index (χ0v) is 17.7. The molecule has 1 aliphatic heterocycles. The molecular formula is C20H38O3Si. The van der Waals surface area contributed by atoms with E-state index < -0.39 is 8.32 Å². The van der Waals surface area contributed by atoms with Gasteiger partial charge in [0.15, 0.2) is 8.32 Å². The van der Waals surface area contributed by atoms with E-state index in [9.17, 15) is 0 Å². The first-order valence-electron chi connectivity index (χ1n) is 9.25. The number of ether oxygens (including phenoxy) is 1. The highest BCUT2D eigenvalue weighted by atomic mass is 28.4. The zero-order chi connectivity index (χ0) is 18.5. The summed E-state index contributed by atoms with van der Waals surface area (Å²) in [5.74, 6) is 0.702. The van der Waals surface area contributed by atoms with E-state index >= 15 is 0 Å². The Balaban J connectivity index is 2.91. The number of rotatable bonds is 7. The molecule has 1 fully saturated rings. The van der Waals surface area contributed by atoms with Crippen molar-refractivity contribution >= 4 is 8.32 Å². The van der Waals surface area contributed by atoms with Gasteiger partial charge < -0.3 is 14.3 Å². The first-order valence-corrected chi connectivity index (χ1v) is 12.2. The zero-order valence-electron chi connectivity index (χ0n) is 16.7. The lowest BCUT2D eigenvalue weighted by Gasteiger charge is -2.47. The summed E-state index contributed by atoms with van der Waals surface area (Å²) >= 11 is 0. The van der Waals surface area contributed by atoms with Crippen molar-refractivity contribution in [3.63, 3.8) is 0 Å². The lowest BCUT2D eigenvalue weighted by molar-refractivity contribution is -0.147. The normalized spacial score (nSPS) is 30.5. The van der Waals surface area contributed by atoms with E-state index in [0.717, 1.165) is 12.8 Å². The maximum absolute atomic E-state index is 8.93. The molecule has 0 amide bonds. The highest BCUT2D eigenvalue weighted by Crippen LogP contribution is 2.41. The van der Waals surface area contributed by atoms with Gasteiger partial charge in [-0.15, -0.1) is 6.58 Å². The molecule has 0 aromatic heterocycles. The SMILES string of the molecule is C=C[C@H](C)[C@@H]1O[C@H](C/C=C\CO)[C@H](C)C[C@@H]1O[Si](C)(C)C(C)(C)C. The Bertz CT molecular complexity index is 425. The fraction of sp³-hybridized carbons (Fsp3) is 0.800. The van der Waals surface area contributed by atoms with Crippen molar-refractivity contribution in [3.8, 4) is 0 Å². The second-order valence-electron chi connectivity index (χ2n) is 8.75. The first-order chi connectivity index (χ1) is 11.0. The molecule has 1 rings (SSSR count). The molecule has 4 heteroatoms. The minimum atomic E-state index is -1.84. The predicted molar refractivity (Wildman–Crippen MR) is 105 cm³/mol. The first kappa shape index (κ1) is 21.6. The third-order valence-electron chi connectivity index (χ3n) is 5.72. The second kappa shape index (κ2) is 8.79. The van der Waals surface area contributed by atoms with Crippen LogP contribution < -0.4 is 0 Å². The van der Waals surface area contributed by atoms with Gasteiger partial charge in [-0.1, -0.05) is 52.8 Å². The van der Waals surface area contributed by atoms with Gasteiger partial charge in [0.2, 0.25) is 0 Å². The van der Waals surface area contributed by atoms with E-state index in [1.165, 1.54) is 0 Å². The molecule has 0 bridgehead atoms. The number of aliphatic hydroxyl groups is 1. The van der Waals surface area contributed by atoms with Crippen LogP contribution in [0.25, 0.3) is 0 Å². The molecule has 0 aliphatic carbocycles. The average Bonchev–Trinajstić information content (AvgIpc) is 2.47. The van der Waals surface area contributed by atoms with E-state index in [4.69, 9.17) is 14.3 Å². The molecule has 0 saturated carbocycles. The molecule has 140 valence electrons. The molecule has 5 atom stereocenters. The van der Waals surface area contributed by atoms with Gasteiger partial charge in [0.1, 0.15) is 0 Å². The summed E-state index contributed by atoms with van der Waals surface area (Å²) < 4.78 is 13.2. The van der Waals surface area contributed by atoms with Crippen LogP contribution in [0.2, 0.25) is 18.1 Å². The summed E-state index contributed by atoms with van der Waals surface area (Å²) in [5.41, 5.74) is 0. The lowest BCUT2D eigenvalue weighted by atomic mass is 9.85. The molecule has 0 aromatic carbocycles. The standard InChI is InChI=1S/C20H38O3Si/c1-9-15(2)19-18(23-24(7,8)20(4,5)6)14-16(3)17(22-19)12-10-11-13-21/h9-11,15-19,21H,1,12-14H2,2-8H3/b11-10-/t15-,16+,17+,18-,19-/m0/s1. The fourth-order valence-corrected chi connectivity index (χ4v) is 4.28. The maximum Gasteiger partial charge on any atom is 0.192 e. The van der Waals surface area contributed by atoms with Gasteiger partial charge in [0, 0.05) is 5.92 Å². The fourth-order valence-electron chi connectivity index (χ4n) is 2.94. The molecule has 3 nitrogen and oxygen atoms in total. The van der Waals surface area contributed by atoms with Crippen molar-refractivity contribution in [1.82, 2.24) is 0 Å². The molecular weight excluding hydrogens is 316 g/mol. The molecule has 0 radical (unpaired) electrons. The molecule has 1 aliphatic rings. The molecule has 1 N–H and O–H groups in total. The van der Waals surface area contributed by atoms with Crippen molar-refractivity contribution in [2.24, 2.45) is 11.8 Å². The third-order valence-corrected chi connectivity index (χ3v) is 10.2. The Hall–Kier alpha value is -0.423. The van der Waals surface area contributed by atoms with Crippen LogP contribution in [-0.4, -0.2) is 38.3 Å². The summed E-state index contributed by atoms with van der Waals surface area (Å²) in [6.07, 6.45) is 8.02. The summed E-state index contributed by atoms with van der Waals surface area (Å²) in [6, 6.07) is 0. The monoisotopic (exact) mass is 354 g/mol. The Labute approximate surface area is 150 Å². The van der Waals surface area contributed by atoms with E-state index in [1.54, 1.807) is 6.08 Å². The van der Waals surface area contributed by atoms with Crippen LogP contribution in [0, 0.1) is 11.8 Å². The van der Waals surface area contributed by atoms with Crippen molar-refractivity contribution in [1.29, 1.82) is 0 Å². The molecule has 24 heavy (non-hydrogen) atoms. The van der Waals surface area contributed by atoms with E-state index in [0.29, 0.717) is 5.92 Å². The summed E-state index contributed by atoms with van der Waals surface area (Å²) in [7, 11) is -1.84. The van der Waals surface area contributed by atoms with Crippen molar-refractivity contribution < 1.29 is 14.3 Å². The second-order valence-corrected chi connectivity index (χ2v) is 13.5. The Morgan fingerprint density at radius 1 is 1.33 bits per heavy atom. The molecule has 1 saturated heterocycles. The smallest absolute Gasteiger partial charge is 0.192 e. The van der Waals surface area contributed by atoms with Crippen LogP contribution in [-0.2, 0) is 9.16 Å². The topological polar surface area (TPSA) is 38.7 Å². The van der Waals surface area contributed by atoms with Gasteiger partial charge in [0.05, 0.1) is 24.9 Å². The summed E-state index contributed by atoms with van der Waals surface area (Å²) in [4.78, 5) is 0. The third kappa shape index (κ3) is 5.55. The Kier molecular flexibility index (Phi) is 7.92.